The van der Waals surface area contributed by atoms with E-state index >= 15 is 0 Å². The second-order valence-corrected chi connectivity index (χ2v) is 5.98. The summed E-state index contributed by atoms with van der Waals surface area (Å²) in [6, 6.07) is 4.16. The van der Waals surface area contributed by atoms with Crippen LogP contribution in [-0.2, 0) is 27.2 Å². The minimum atomic E-state index is 0.193. The van der Waals surface area contributed by atoms with Crippen molar-refractivity contribution >= 4 is 0 Å². The van der Waals surface area contributed by atoms with E-state index in [1.807, 2.05) is 20.0 Å². The Hall–Kier alpha value is -0.970. The first-order valence-electron chi connectivity index (χ1n) is 7.92. The molecule has 0 saturated carbocycles. The Balaban J connectivity index is 1.76. The highest BCUT2D eigenvalue weighted by Gasteiger charge is 2.17. The average molecular weight is 293 g/mol. The molecule has 0 spiro atoms. The predicted octanol–water partition coefficient (Wildman–Crippen LogP) is 3.13. The lowest BCUT2D eigenvalue weighted by atomic mass is 10.1. The molecule has 2 rings (SSSR count). The van der Waals surface area contributed by atoms with Gasteiger partial charge in [-0.1, -0.05) is 6.07 Å². The molecule has 4 heteroatoms. The van der Waals surface area contributed by atoms with Gasteiger partial charge >= 0.3 is 0 Å². The fourth-order valence-corrected chi connectivity index (χ4v) is 2.41. The fraction of sp³-hybridized carbons (Fsp3) is 0.706. The summed E-state index contributed by atoms with van der Waals surface area (Å²) in [5, 5.41) is 0. The maximum Gasteiger partial charge on any atom is 0.0735 e. The Morgan fingerprint density at radius 3 is 2.62 bits per heavy atom. The van der Waals surface area contributed by atoms with Crippen LogP contribution in [0.25, 0.3) is 0 Å². The standard InChI is InChI=1S/C17H27NO3/c1-13(2)20-12-15-4-5-16(18-11-15)10-14(3)21-17-6-8-19-9-7-17/h4-5,11,13-14,17H,6-10,12H2,1-3H3. The second-order valence-electron chi connectivity index (χ2n) is 5.98. The molecule has 0 N–H and O–H groups in total. The SMILES string of the molecule is CC(C)OCc1ccc(CC(C)OC2CCOCC2)nc1. The number of rotatable bonds is 7. The van der Waals surface area contributed by atoms with Crippen LogP contribution in [0.15, 0.2) is 18.3 Å². The van der Waals surface area contributed by atoms with Gasteiger partial charge in [0.05, 0.1) is 24.9 Å². The first-order chi connectivity index (χ1) is 10.1. The molecule has 0 radical (unpaired) electrons. The minimum Gasteiger partial charge on any atom is -0.381 e. The van der Waals surface area contributed by atoms with Gasteiger partial charge in [-0.15, -0.1) is 0 Å². The third-order valence-corrected chi connectivity index (χ3v) is 3.56. The van der Waals surface area contributed by atoms with E-state index in [9.17, 15) is 0 Å². The van der Waals surface area contributed by atoms with Crippen molar-refractivity contribution in [2.75, 3.05) is 13.2 Å². The Labute approximate surface area is 127 Å². The van der Waals surface area contributed by atoms with Gasteiger partial charge < -0.3 is 14.2 Å². The van der Waals surface area contributed by atoms with Crippen LogP contribution in [0.3, 0.4) is 0 Å². The van der Waals surface area contributed by atoms with E-state index in [4.69, 9.17) is 14.2 Å². The van der Waals surface area contributed by atoms with Gasteiger partial charge in [-0.25, -0.2) is 0 Å². The van der Waals surface area contributed by atoms with Gasteiger partial charge in [0.2, 0.25) is 0 Å². The fourth-order valence-electron chi connectivity index (χ4n) is 2.41. The van der Waals surface area contributed by atoms with Crippen LogP contribution in [0.1, 0.15) is 44.9 Å². The van der Waals surface area contributed by atoms with Gasteiger partial charge in [-0.3, -0.25) is 4.98 Å². The first kappa shape index (κ1) is 16.4. The molecule has 0 bridgehead atoms. The van der Waals surface area contributed by atoms with Crippen molar-refractivity contribution in [2.45, 2.75) is 65.0 Å². The molecule has 1 atom stereocenters. The Bertz CT molecular complexity index is 399. The van der Waals surface area contributed by atoms with E-state index in [2.05, 4.69) is 24.0 Å². The molecule has 0 aromatic carbocycles. The smallest absolute Gasteiger partial charge is 0.0735 e. The van der Waals surface area contributed by atoms with Crippen molar-refractivity contribution in [1.82, 2.24) is 4.98 Å². The van der Waals surface area contributed by atoms with Gasteiger partial charge in [-0.05, 0) is 45.2 Å². The largest absolute Gasteiger partial charge is 0.381 e. The van der Waals surface area contributed by atoms with Gasteiger partial charge in [0, 0.05) is 31.5 Å². The maximum atomic E-state index is 6.06. The molecule has 1 aromatic heterocycles. The van der Waals surface area contributed by atoms with E-state index in [1.54, 1.807) is 0 Å². The van der Waals surface area contributed by atoms with Crippen LogP contribution in [-0.4, -0.2) is 36.5 Å². The third-order valence-electron chi connectivity index (χ3n) is 3.56. The van der Waals surface area contributed by atoms with Crippen molar-refractivity contribution in [3.05, 3.63) is 29.6 Å². The number of nitrogens with zero attached hydrogens (tertiary/aromatic N) is 1. The molecule has 2 heterocycles. The molecule has 1 saturated heterocycles. The van der Waals surface area contributed by atoms with E-state index in [-0.39, 0.29) is 12.2 Å². The molecule has 1 aliphatic rings. The van der Waals surface area contributed by atoms with Crippen molar-refractivity contribution in [3.63, 3.8) is 0 Å². The summed E-state index contributed by atoms with van der Waals surface area (Å²) < 4.78 is 17.0. The molecule has 21 heavy (non-hydrogen) atoms. The monoisotopic (exact) mass is 293 g/mol. The minimum absolute atomic E-state index is 0.193. The van der Waals surface area contributed by atoms with Crippen molar-refractivity contribution in [1.29, 1.82) is 0 Å². The van der Waals surface area contributed by atoms with Crippen LogP contribution in [0.4, 0.5) is 0 Å². The van der Waals surface area contributed by atoms with Gasteiger partial charge in [0.1, 0.15) is 0 Å². The molecule has 4 nitrogen and oxygen atoms in total. The normalized spacial score (nSPS) is 18.1. The molecule has 0 aliphatic carbocycles. The molecule has 1 fully saturated rings. The zero-order chi connectivity index (χ0) is 15.1. The van der Waals surface area contributed by atoms with Gasteiger partial charge in [-0.2, -0.15) is 0 Å². The summed E-state index contributed by atoms with van der Waals surface area (Å²) in [5.41, 5.74) is 2.19. The molecule has 1 aliphatic heterocycles. The summed E-state index contributed by atoms with van der Waals surface area (Å²) in [7, 11) is 0. The molecular weight excluding hydrogens is 266 g/mol. The highest BCUT2D eigenvalue weighted by atomic mass is 16.5. The zero-order valence-corrected chi connectivity index (χ0v) is 13.4. The number of hydrogen-bond acceptors (Lipinski definition) is 4. The van der Waals surface area contributed by atoms with Crippen molar-refractivity contribution in [3.8, 4) is 0 Å². The van der Waals surface area contributed by atoms with Crippen molar-refractivity contribution in [2.24, 2.45) is 0 Å². The second kappa shape index (κ2) is 8.47. The summed E-state index contributed by atoms with van der Waals surface area (Å²) in [5.74, 6) is 0. The lowest BCUT2D eigenvalue weighted by Gasteiger charge is -2.25. The van der Waals surface area contributed by atoms with Crippen LogP contribution >= 0.6 is 0 Å². The highest BCUT2D eigenvalue weighted by molar-refractivity contribution is 5.13. The number of aromatic nitrogens is 1. The Morgan fingerprint density at radius 2 is 2.00 bits per heavy atom. The Kier molecular flexibility index (Phi) is 6.61. The predicted molar refractivity (Wildman–Crippen MR) is 82.3 cm³/mol. The molecule has 118 valence electrons. The van der Waals surface area contributed by atoms with E-state index < -0.39 is 0 Å². The highest BCUT2D eigenvalue weighted by Crippen LogP contribution is 2.15. The van der Waals surface area contributed by atoms with E-state index in [0.29, 0.717) is 12.7 Å². The maximum absolute atomic E-state index is 6.06. The lowest BCUT2D eigenvalue weighted by Crippen LogP contribution is -2.28. The van der Waals surface area contributed by atoms with Crippen LogP contribution in [0, 0.1) is 0 Å². The Morgan fingerprint density at radius 1 is 1.24 bits per heavy atom. The lowest BCUT2D eigenvalue weighted by molar-refractivity contribution is -0.0619. The number of pyridine rings is 1. The van der Waals surface area contributed by atoms with Gasteiger partial charge in [0.15, 0.2) is 0 Å². The molecule has 0 amide bonds. The van der Waals surface area contributed by atoms with E-state index in [0.717, 1.165) is 43.7 Å². The average Bonchev–Trinajstić information content (AvgIpc) is 2.47. The molecule has 1 aromatic rings. The molecule has 1 unspecified atom stereocenters. The summed E-state index contributed by atoms with van der Waals surface area (Å²) in [6.07, 6.45) is 5.54. The van der Waals surface area contributed by atoms with Gasteiger partial charge in [0.25, 0.3) is 0 Å². The van der Waals surface area contributed by atoms with Crippen LogP contribution in [0.5, 0.6) is 0 Å². The van der Waals surface area contributed by atoms with Crippen LogP contribution in [0.2, 0.25) is 0 Å². The first-order valence-corrected chi connectivity index (χ1v) is 7.92. The zero-order valence-electron chi connectivity index (χ0n) is 13.4. The number of ether oxygens (including phenoxy) is 3. The summed E-state index contributed by atoms with van der Waals surface area (Å²) in [6.45, 7) is 8.46. The summed E-state index contributed by atoms with van der Waals surface area (Å²) >= 11 is 0. The molecular formula is C17H27NO3. The summed E-state index contributed by atoms with van der Waals surface area (Å²) in [4.78, 5) is 4.51. The van der Waals surface area contributed by atoms with E-state index in [1.165, 1.54) is 0 Å². The van der Waals surface area contributed by atoms with Crippen LogP contribution < -0.4 is 0 Å². The number of hydrogen-bond donors (Lipinski definition) is 0. The topological polar surface area (TPSA) is 40.6 Å². The quantitative estimate of drug-likeness (QED) is 0.774. The third kappa shape index (κ3) is 6.12. The van der Waals surface area contributed by atoms with Crippen molar-refractivity contribution < 1.29 is 14.2 Å².